The van der Waals surface area contributed by atoms with Gasteiger partial charge in [0.25, 0.3) is 5.91 Å². The Kier molecular flexibility index (Phi) is 21.7. The topological polar surface area (TPSA) is 170 Å². The number of amides is 2. The fourth-order valence-electron chi connectivity index (χ4n) is 7.07. The summed E-state index contributed by atoms with van der Waals surface area (Å²) in [5.74, 6) is 2.97. The van der Waals surface area contributed by atoms with Gasteiger partial charge in [0.05, 0.1) is 86.3 Å². The van der Waals surface area contributed by atoms with E-state index in [1.165, 1.54) is 56.9 Å². The van der Waals surface area contributed by atoms with E-state index >= 15 is 0 Å². The molecule has 2 saturated heterocycles. The fourth-order valence-corrected chi connectivity index (χ4v) is 7.07. The third-order valence-electron chi connectivity index (χ3n) is 9.78. The van der Waals surface area contributed by atoms with Gasteiger partial charge in [-0.15, -0.1) is 12.4 Å². The number of aromatic hydroxyl groups is 2. The number of halogens is 1. The zero-order valence-corrected chi connectivity index (χ0v) is 42.7. The van der Waals surface area contributed by atoms with E-state index < -0.39 is 6.04 Å². The number of ether oxygens (including phenoxy) is 8. The molecular weight excluding hydrogens is 1060 g/mol. The number of rotatable bonds is 14. The summed E-state index contributed by atoms with van der Waals surface area (Å²) in [5, 5.41) is 23.1. The first-order valence-corrected chi connectivity index (χ1v) is 18.7. The van der Waals surface area contributed by atoms with E-state index in [-0.39, 0.29) is 78.8 Å². The van der Waals surface area contributed by atoms with Crippen LogP contribution in [0.5, 0.6) is 57.5 Å². The van der Waals surface area contributed by atoms with Crippen LogP contribution >= 0.6 is 12.4 Å². The van der Waals surface area contributed by atoms with Gasteiger partial charge in [-0.25, -0.2) is 0 Å². The van der Waals surface area contributed by atoms with E-state index in [0.29, 0.717) is 75.1 Å². The molecule has 2 fully saturated rings. The second-order valence-corrected chi connectivity index (χ2v) is 13.8. The summed E-state index contributed by atoms with van der Waals surface area (Å²) in [6.07, 6.45) is 0. The Hall–Kier alpha value is -5.11. The van der Waals surface area contributed by atoms with Crippen molar-refractivity contribution in [2.24, 2.45) is 5.92 Å². The van der Waals surface area contributed by atoms with Crippen LogP contribution in [0.15, 0.2) is 72.8 Å². The number of nitrogens with one attached hydrogen (secondary N) is 1. The second kappa shape index (κ2) is 25.2. The number of carbonyl (C=O) groups is 2. The Morgan fingerprint density at radius 1 is 0.651 bits per heavy atom. The largest absolute Gasteiger partial charge is 0.504 e. The molecule has 2 heterocycles. The van der Waals surface area contributed by atoms with E-state index in [9.17, 15) is 19.8 Å². The van der Waals surface area contributed by atoms with Crippen molar-refractivity contribution in [3.05, 3.63) is 83.9 Å². The summed E-state index contributed by atoms with van der Waals surface area (Å²) in [7, 11) is 23.5. The molecule has 0 saturated carbocycles. The minimum absolute atomic E-state index is 0. The molecule has 2 aliphatic heterocycles. The van der Waals surface area contributed by atoms with Crippen molar-refractivity contribution < 1.29 is 88.8 Å². The number of benzene rings is 4. The third-order valence-corrected chi connectivity index (χ3v) is 9.78. The summed E-state index contributed by atoms with van der Waals surface area (Å²) in [4.78, 5) is 30.9. The van der Waals surface area contributed by atoms with E-state index in [4.69, 9.17) is 39.2 Å². The Morgan fingerprint density at radius 2 is 1.02 bits per heavy atom. The molecule has 0 bridgehead atoms. The van der Waals surface area contributed by atoms with Gasteiger partial charge < -0.3 is 63.2 Å². The molecule has 0 aromatic heterocycles. The van der Waals surface area contributed by atoms with Crippen molar-refractivity contribution in [1.29, 1.82) is 1.34 Å². The van der Waals surface area contributed by atoms with Crippen molar-refractivity contribution in [2.75, 3.05) is 101 Å². The number of nitrogens with zero attached hydrogens (tertiary/aromatic N) is 3. The molecule has 0 spiro atoms. The summed E-state index contributed by atoms with van der Waals surface area (Å²) in [6.45, 7) is 4.46. The maximum Gasteiger partial charge on any atom is 0.256 e. The Labute approximate surface area is 403 Å². The summed E-state index contributed by atoms with van der Waals surface area (Å²) in [6, 6.07) is 16.4. The van der Waals surface area contributed by atoms with E-state index in [1.807, 2.05) is 39.2 Å². The zero-order chi connectivity index (χ0) is 46.4. The monoisotopic (exact) mass is 1120 g/mol. The van der Waals surface area contributed by atoms with Crippen LogP contribution in [-0.4, -0.2) is 128 Å². The SMILES string of the molecule is C=C1C(=O)N(c2cc(OC)c(OC)c(OC)c2)[C@H]1c1ccc(OC)c(O)c1.CNC.COc1ccc([C@H]2[C@@H](CN(C)C)C(=O)N2c2cc(OC)c(OC)c(OC)c2)cc1O.Cl.[2H][B].[U]. The molecule has 19 heteroatoms. The molecule has 0 aliphatic carbocycles. The Morgan fingerprint density at radius 3 is 1.37 bits per heavy atom. The summed E-state index contributed by atoms with van der Waals surface area (Å²) in [5.41, 5.74) is 3.15. The number of carbonyl (C=O) groups excluding carboxylic acids is 2. The van der Waals surface area contributed by atoms with Gasteiger partial charge in [-0.05, 0) is 64.9 Å². The van der Waals surface area contributed by atoms with Crippen LogP contribution in [-0.2, 0) is 9.59 Å². The van der Waals surface area contributed by atoms with Crippen LogP contribution in [0.3, 0.4) is 0 Å². The number of anilines is 2. The molecular formula is C44H58BClN4O12U. The molecule has 2 radical (unpaired) electrons. The quantitative estimate of drug-likeness (QED) is 0.0837. The summed E-state index contributed by atoms with van der Waals surface area (Å²) >= 11 is 0. The average molecular weight is 1120 g/mol. The number of hydrogen-bond donors (Lipinski definition) is 3. The van der Waals surface area contributed by atoms with Crippen LogP contribution in [0.4, 0.5) is 11.4 Å². The van der Waals surface area contributed by atoms with Gasteiger partial charge >= 0.3 is 0 Å². The molecule has 63 heavy (non-hydrogen) atoms. The normalized spacial score (nSPS) is 15.9. The molecule has 4 aromatic carbocycles. The molecule has 3 N–H and O–H groups in total. The molecule has 2 amide bonds. The number of phenolic OH excluding ortho intramolecular Hbond substituents is 2. The number of β-lactam (4-membered cyclic amide) rings is 2. The Balaban J connectivity index is 0.000000568. The molecule has 3 atom stereocenters. The first-order chi connectivity index (χ1) is 29.7. The van der Waals surface area contributed by atoms with E-state index in [2.05, 4.69) is 20.3 Å². The van der Waals surface area contributed by atoms with Gasteiger partial charge in [0.1, 0.15) is 0 Å². The van der Waals surface area contributed by atoms with Gasteiger partial charge in [0.2, 0.25) is 17.4 Å². The van der Waals surface area contributed by atoms with Crippen molar-refractivity contribution in [3.63, 3.8) is 0 Å². The maximum atomic E-state index is 13.1. The van der Waals surface area contributed by atoms with E-state index in [0.717, 1.165) is 5.56 Å². The van der Waals surface area contributed by atoms with Crippen LogP contribution in [0, 0.1) is 37.0 Å². The van der Waals surface area contributed by atoms with Crippen molar-refractivity contribution in [3.8, 4) is 57.5 Å². The third kappa shape index (κ3) is 11.7. The van der Waals surface area contributed by atoms with Gasteiger partial charge in [-0.3, -0.25) is 14.5 Å². The molecule has 16 nitrogen and oxygen atoms in total. The van der Waals surface area contributed by atoms with Crippen molar-refractivity contribution in [1.82, 2.24) is 10.2 Å². The number of hydrogen-bond acceptors (Lipinski definition) is 14. The molecule has 0 unspecified atom stereocenters. The molecule has 340 valence electrons. The summed E-state index contributed by atoms with van der Waals surface area (Å²) < 4.78 is 47.8. The van der Waals surface area contributed by atoms with Gasteiger partial charge in [-0.1, -0.05) is 18.7 Å². The van der Waals surface area contributed by atoms with Crippen LogP contribution < -0.4 is 53.0 Å². The fraction of sp³-hybridized carbons (Fsp3) is 0.364. The average Bonchev–Trinajstić information content (AvgIpc) is 3.28. The number of methoxy groups -OCH3 is 8. The van der Waals surface area contributed by atoms with Gasteiger partial charge in [0, 0.05) is 75.9 Å². The standard InChI is InChI=1S/C22H28N2O6.C20H21NO6.C2H7N.BH.ClH.U/c1-23(2)12-15-20(13-7-8-17(27-3)16(25)9-13)24(22(15)26)14-10-18(28-4)21(30-6)19(11-14)29-5;1-11-18(12-6-7-15(24-2)14(22)8-12)21(20(11)23)13-9-16(25-3)19(27-5)17(10-13)26-4;1-3-2;;;/h7-11,15,20,25H,12H2,1-6H3;6-10,18,22H,1H2,2-5H3;3H,1-2H3;2*1H;/t15-,20+;18-;;;;/m11..../s1/i;;;1D;;. The van der Waals surface area contributed by atoms with E-state index in [1.54, 1.807) is 64.4 Å². The first kappa shape index (κ1) is 54.0. The van der Waals surface area contributed by atoms with Crippen LogP contribution in [0.2, 0.25) is 0 Å². The zero-order valence-electron chi connectivity index (χ0n) is 38.7. The maximum absolute atomic E-state index is 13.1. The predicted molar refractivity (Wildman–Crippen MR) is 243 cm³/mol. The van der Waals surface area contributed by atoms with Crippen molar-refractivity contribution >= 4 is 44.0 Å². The molecule has 2 aliphatic rings. The van der Waals surface area contributed by atoms with Crippen LogP contribution in [0.1, 0.15) is 23.2 Å². The predicted octanol–water partition coefficient (Wildman–Crippen LogP) is 5.37. The van der Waals surface area contributed by atoms with Crippen LogP contribution in [0.25, 0.3) is 0 Å². The second-order valence-electron chi connectivity index (χ2n) is 13.8. The smallest absolute Gasteiger partial charge is 0.256 e. The molecule has 6 rings (SSSR count). The van der Waals surface area contributed by atoms with Gasteiger partial charge in [-0.2, -0.15) is 0 Å². The molecule has 4 aromatic rings. The van der Waals surface area contributed by atoms with Crippen molar-refractivity contribution in [2.45, 2.75) is 12.1 Å². The minimum Gasteiger partial charge on any atom is -0.504 e. The first-order valence-electron chi connectivity index (χ1n) is 19.2. The minimum atomic E-state index is -0.419. The van der Waals surface area contributed by atoms with Gasteiger partial charge in [0.15, 0.2) is 46.0 Å². The number of phenols is 2. The Bertz CT molecular complexity index is 2140.